The number of hydrogen-bond acceptors (Lipinski definition) is 3. The van der Waals surface area contributed by atoms with Crippen molar-refractivity contribution in [3.05, 3.63) is 41.5 Å². The molecule has 0 aliphatic rings. The molecule has 0 aliphatic heterocycles. The van der Waals surface area contributed by atoms with Crippen LogP contribution in [0.4, 0.5) is 0 Å². The maximum Gasteiger partial charge on any atom is 0.296 e. The van der Waals surface area contributed by atoms with Gasteiger partial charge in [-0.3, -0.25) is 4.18 Å². The second-order valence-corrected chi connectivity index (χ2v) is 8.99. The van der Waals surface area contributed by atoms with E-state index in [1.165, 1.54) is 5.57 Å². The molecular weight excluding hydrogens is 332 g/mol. The van der Waals surface area contributed by atoms with Crippen molar-refractivity contribution < 1.29 is 12.6 Å². The summed E-state index contributed by atoms with van der Waals surface area (Å²) in [6, 6.07) is 6.78. The highest BCUT2D eigenvalue weighted by Gasteiger charge is 2.16. The Bertz CT molecular complexity index is 628. The van der Waals surface area contributed by atoms with Crippen molar-refractivity contribution >= 4 is 10.1 Å². The minimum absolute atomic E-state index is 0.235. The fourth-order valence-electron chi connectivity index (χ4n) is 2.94. The average molecular weight is 367 g/mol. The van der Waals surface area contributed by atoms with Gasteiger partial charge in [-0.1, -0.05) is 56.5 Å². The first-order valence-corrected chi connectivity index (χ1v) is 10.8. The quantitative estimate of drug-likeness (QED) is 0.362. The molecule has 142 valence electrons. The van der Waals surface area contributed by atoms with E-state index < -0.39 is 10.1 Å². The van der Waals surface area contributed by atoms with Crippen molar-refractivity contribution in [1.29, 1.82) is 0 Å². The Balaban J connectivity index is 2.43. The molecule has 0 aromatic heterocycles. The smallest absolute Gasteiger partial charge is 0.266 e. The highest BCUT2D eigenvalue weighted by molar-refractivity contribution is 7.86. The molecule has 0 saturated heterocycles. The second-order valence-electron chi connectivity index (χ2n) is 7.38. The summed E-state index contributed by atoms with van der Waals surface area (Å²) in [4.78, 5) is 0.235. The number of aryl methyl sites for hydroxylation is 1. The normalized spacial score (nSPS) is 14.1. The van der Waals surface area contributed by atoms with Crippen LogP contribution in [-0.4, -0.2) is 15.0 Å². The molecule has 1 rings (SSSR count). The highest BCUT2D eigenvalue weighted by atomic mass is 32.2. The Morgan fingerprint density at radius 3 is 2.36 bits per heavy atom. The van der Waals surface area contributed by atoms with Gasteiger partial charge in [0.05, 0.1) is 11.5 Å². The Morgan fingerprint density at radius 1 is 1.16 bits per heavy atom. The summed E-state index contributed by atoms with van der Waals surface area (Å²) in [6.07, 6.45) is 7.44. The van der Waals surface area contributed by atoms with Gasteiger partial charge in [0.25, 0.3) is 10.1 Å². The SMILES string of the molecule is CCC(CC/C=C(\C)CC(C)C)CCOS(=O)(=O)c1ccc(C)cc1. The standard InChI is InChI=1S/C21H34O3S/c1-6-20(9-7-8-19(5)16-17(2)3)14-15-24-25(22,23)21-12-10-18(4)11-13-21/h8,10-13,17,20H,6-7,9,14-16H2,1-5H3/b19-8+. The van der Waals surface area contributed by atoms with Gasteiger partial charge in [-0.25, -0.2) is 0 Å². The van der Waals surface area contributed by atoms with Gasteiger partial charge >= 0.3 is 0 Å². The Morgan fingerprint density at radius 2 is 1.80 bits per heavy atom. The molecule has 1 atom stereocenters. The van der Waals surface area contributed by atoms with E-state index in [4.69, 9.17) is 4.18 Å². The summed E-state index contributed by atoms with van der Waals surface area (Å²) in [5.41, 5.74) is 2.48. The fraction of sp³-hybridized carbons (Fsp3) is 0.619. The van der Waals surface area contributed by atoms with Gasteiger partial charge in [-0.2, -0.15) is 8.42 Å². The van der Waals surface area contributed by atoms with E-state index in [1.54, 1.807) is 24.3 Å². The maximum absolute atomic E-state index is 12.2. The molecular formula is C21H34O3S. The number of hydrogen-bond donors (Lipinski definition) is 0. The van der Waals surface area contributed by atoms with E-state index in [-0.39, 0.29) is 11.5 Å². The molecule has 25 heavy (non-hydrogen) atoms. The van der Waals surface area contributed by atoms with Gasteiger partial charge in [-0.05, 0) is 63.5 Å². The van der Waals surface area contributed by atoms with Crippen molar-refractivity contribution in [3.8, 4) is 0 Å². The predicted molar refractivity (Wildman–Crippen MR) is 105 cm³/mol. The number of allylic oxidation sites excluding steroid dienone is 2. The van der Waals surface area contributed by atoms with E-state index in [0.717, 1.165) is 37.7 Å². The largest absolute Gasteiger partial charge is 0.296 e. The van der Waals surface area contributed by atoms with Crippen LogP contribution < -0.4 is 0 Å². The molecule has 0 radical (unpaired) electrons. The van der Waals surface area contributed by atoms with E-state index in [9.17, 15) is 8.42 Å². The summed E-state index contributed by atoms with van der Waals surface area (Å²) in [7, 11) is -3.64. The number of benzene rings is 1. The van der Waals surface area contributed by atoms with Crippen LogP contribution in [-0.2, 0) is 14.3 Å². The summed E-state index contributed by atoms with van der Waals surface area (Å²) in [5, 5.41) is 0. The van der Waals surface area contributed by atoms with Crippen LogP contribution in [0.2, 0.25) is 0 Å². The third-order valence-corrected chi connectivity index (χ3v) is 5.78. The molecule has 1 aromatic rings. The lowest BCUT2D eigenvalue weighted by Crippen LogP contribution is -2.11. The molecule has 0 amide bonds. The molecule has 1 aromatic carbocycles. The summed E-state index contributed by atoms with van der Waals surface area (Å²) in [6.45, 7) is 11.0. The molecule has 0 spiro atoms. The topological polar surface area (TPSA) is 43.4 Å². The van der Waals surface area contributed by atoms with Crippen LogP contribution in [0.15, 0.2) is 40.8 Å². The zero-order chi connectivity index (χ0) is 18.9. The molecule has 1 unspecified atom stereocenters. The Hall–Kier alpha value is -1.13. The molecule has 0 aliphatic carbocycles. The Kier molecular flexibility index (Phi) is 9.44. The van der Waals surface area contributed by atoms with Crippen LogP contribution in [0.25, 0.3) is 0 Å². The van der Waals surface area contributed by atoms with Crippen molar-refractivity contribution in [1.82, 2.24) is 0 Å². The van der Waals surface area contributed by atoms with E-state index in [2.05, 4.69) is 33.8 Å². The van der Waals surface area contributed by atoms with Gasteiger partial charge in [-0.15, -0.1) is 0 Å². The number of rotatable bonds is 11. The lowest BCUT2D eigenvalue weighted by molar-refractivity contribution is 0.273. The van der Waals surface area contributed by atoms with Crippen molar-refractivity contribution in [2.75, 3.05) is 6.61 Å². The summed E-state index contributed by atoms with van der Waals surface area (Å²) < 4.78 is 29.6. The van der Waals surface area contributed by atoms with E-state index in [1.807, 2.05) is 6.92 Å². The summed E-state index contributed by atoms with van der Waals surface area (Å²) >= 11 is 0. The second kappa shape index (κ2) is 10.8. The van der Waals surface area contributed by atoms with Crippen LogP contribution in [0.3, 0.4) is 0 Å². The third kappa shape index (κ3) is 8.68. The minimum atomic E-state index is -3.64. The maximum atomic E-state index is 12.2. The van der Waals surface area contributed by atoms with Crippen LogP contribution in [0.1, 0.15) is 65.4 Å². The first kappa shape index (κ1) is 21.9. The molecule has 0 heterocycles. The van der Waals surface area contributed by atoms with Crippen LogP contribution in [0, 0.1) is 18.8 Å². The van der Waals surface area contributed by atoms with Gasteiger partial charge < -0.3 is 0 Å². The molecule has 0 fully saturated rings. The van der Waals surface area contributed by atoms with Gasteiger partial charge in [0.1, 0.15) is 0 Å². The molecule has 0 N–H and O–H groups in total. The molecule has 0 saturated carbocycles. The zero-order valence-corrected chi connectivity index (χ0v) is 17.2. The molecule has 3 nitrogen and oxygen atoms in total. The summed E-state index contributed by atoms with van der Waals surface area (Å²) in [5.74, 6) is 1.19. The average Bonchev–Trinajstić information content (AvgIpc) is 2.53. The highest BCUT2D eigenvalue weighted by Crippen LogP contribution is 2.20. The third-order valence-electron chi connectivity index (χ3n) is 4.45. The monoisotopic (exact) mass is 366 g/mol. The lowest BCUT2D eigenvalue weighted by Gasteiger charge is -2.14. The van der Waals surface area contributed by atoms with Crippen LogP contribution in [0.5, 0.6) is 0 Å². The lowest BCUT2D eigenvalue weighted by atomic mass is 9.95. The Labute approximate surface area is 154 Å². The van der Waals surface area contributed by atoms with E-state index in [0.29, 0.717) is 11.8 Å². The fourth-order valence-corrected chi connectivity index (χ4v) is 3.86. The van der Waals surface area contributed by atoms with Crippen molar-refractivity contribution in [2.24, 2.45) is 11.8 Å². The van der Waals surface area contributed by atoms with E-state index >= 15 is 0 Å². The van der Waals surface area contributed by atoms with Crippen molar-refractivity contribution in [2.45, 2.75) is 71.6 Å². The van der Waals surface area contributed by atoms with Gasteiger partial charge in [0.2, 0.25) is 0 Å². The molecule has 0 bridgehead atoms. The first-order valence-electron chi connectivity index (χ1n) is 9.36. The first-order chi connectivity index (χ1) is 11.7. The minimum Gasteiger partial charge on any atom is -0.266 e. The predicted octanol–water partition coefficient (Wildman–Crippen LogP) is 5.89. The van der Waals surface area contributed by atoms with Gasteiger partial charge in [0.15, 0.2) is 0 Å². The van der Waals surface area contributed by atoms with Crippen molar-refractivity contribution in [3.63, 3.8) is 0 Å². The van der Waals surface area contributed by atoms with Crippen LogP contribution >= 0.6 is 0 Å². The molecule has 4 heteroatoms. The van der Waals surface area contributed by atoms with Gasteiger partial charge in [0, 0.05) is 0 Å². The zero-order valence-electron chi connectivity index (χ0n) is 16.4.